The van der Waals surface area contributed by atoms with Crippen molar-refractivity contribution in [1.82, 2.24) is 15.5 Å². The summed E-state index contributed by atoms with van der Waals surface area (Å²) in [6.07, 6.45) is 1.000. The van der Waals surface area contributed by atoms with Crippen LogP contribution in [0, 0.1) is 0 Å². The molecule has 0 aliphatic heterocycles. The molecule has 17 heavy (non-hydrogen) atoms. The second-order valence-corrected chi connectivity index (χ2v) is 5.57. The predicted molar refractivity (Wildman–Crippen MR) is 69.2 cm³/mol. The van der Waals surface area contributed by atoms with Gasteiger partial charge in [-0.3, -0.25) is 0 Å². The minimum Gasteiger partial charge on any atom is -0.339 e. The first-order valence-corrected chi connectivity index (χ1v) is 6.47. The van der Waals surface area contributed by atoms with E-state index < -0.39 is 0 Å². The van der Waals surface area contributed by atoms with Crippen LogP contribution in [0.5, 0.6) is 0 Å². The second-order valence-electron chi connectivity index (χ2n) is 5.57. The van der Waals surface area contributed by atoms with Crippen molar-refractivity contribution in [2.45, 2.75) is 65.3 Å². The zero-order valence-electron chi connectivity index (χ0n) is 11.9. The Hall–Kier alpha value is -0.900. The fourth-order valence-electron chi connectivity index (χ4n) is 1.90. The number of likely N-dealkylation sites (N-methyl/N-ethyl adjacent to an activating group) is 1. The largest absolute Gasteiger partial charge is 0.339 e. The van der Waals surface area contributed by atoms with Gasteiger partial charge in [0.05, 0.1) is 5.92 Å². The van der Waals surface area contributed by atoms with E-state index in [2.05, 4.69) is 57.0 Å². The van der Waals surface area contributed by atoms with Crippen LogP contribution in [0.1, 0.15) is 65.6 Å². The first kappa shape index (κ1) is 14.2. The number of hydrogen-bond donors (Lipinski definition) is 1. The van der Waals surface area contributed by atoms with Crippen LogP contribution in [0.4, 0.5) is 0 Å². The highest BCUT2D eigenvalue weighted by atomic mass is 16.5. The van der Waals surface area contributed by atoms with Crippen molar-refractivity contribution in [2.24, 2.45) is 0 Å². The van der Waals surface area contributed by atoms with E-state index in [1.165, 1.54) is 0 Å². The molecule has 2 unspecified atom stereocenters. The van der Waals surface area contributed by atoms with Crippen LogP contribution in [-0.4, -0.2) is 22.7 Å². The van der Waals surface area contributed by atoms with E-state index in [9.17, 15) is 0 Å². The van der Waals surface area contributed by atoms with E-state index >= 15 is 0 Å². The van der Waals surface area contributed by atoms with Gasteiger partial charge >= 0.3 is 0 Å². The Bertz CT molecular complexity index is 341. The smallest absolute Gasteiger partial charge is 0.231 e. The molecule has 4 heteroatoms. The van der Waals surface area contributed by atoms with Gasteiger partial charge in [-0.15, -0.1) is 0 Å². The first-order chi connectivity index (χ1) is 7.90. The van der Waals surface area contributed by atoms with Gasteiger partial charge in [0, 0.05) is 11.5 Å². The molecule has 0 saturated heterocycles. The molecule has 1 rings (SSSR count). The Morgan fingerprint density at radius 1 is 1.29 bits per heavy atom. The summed E-state index contributed by atoms with van der Waals surface area (Å²) in [6.45, 7) is 13.7. The molecule has 0 radical (unpaired) electrons. The molecule has 0 fully saturated rings. The standard InChI is InChI=1S/C13H25N3O/c1-7-10(9(3)14-8-2)11-15-12(16-17-11)13(4,5)6/h9-10,14H,7-8H2,1-6H3. The maximum Gasteiger partial charge on any atom is 0.231 e. The van der Waals surface area contributed by atoms with Crippen molar-refractivity contribution in [3.05, 3.63) is 11.7 Å². The third-order valence-electron chi connectivity index (χ3n) is 3.00. The Labute approximate surface area is 104 Å². The van der Waals surface area contributed by atoms with Gasteiger partial charge in [-0.2, -0.15) is 4.98 Å². The number of aromatic nitrogens is 2. The summed E-state index contributed by atoms with van der Waals surface area (Å²) in [6, 6.07) is 0.360. The number of hydrogen-bond acceptors (Lipinski definition) is 4. The van der Waals surface area contributed by atoms with Crippen LogP contribution in [0.3, 0.4) is 0 Å². The van der Waals surface area contributed by atoms with E-state index in [0.29, 0.717) is 12.0 Å². The SMILES string of the molecule is CCNC(C)C(CC)c1nc(C(C)(C)C)no1. The van der Waals surface area contributed by atoms with Crippen LogP contribution < -0.4 is 5.32 Å². The summed E-state index contributed by atoms with van der Waals surface area (Å²) in [5, 5.41) is 7.50. The highest BCUT2D eigenvalue weighted by Gasteiger charge is 2.26. The van der Waals surface area contributed by atoms with Crippen molar-refractivity contribution >= 4 is 0 Å². The molecule has 1 aromatic heterocycles. The summed E-state index contributed by atoms with van der Waals surface area (Å²) in [5.74, 6) is 1.83. The Kier molecular flexibility index (Phi) is 4.69. The number of nitrogens with zero attached hydrogens (tertiary/aromatic N) is 2. The van der Waals surface area contributed by atoms with Crippen molar-refractivity contribution in [3.8, 4) is 0 Å². The molecule has 98 valence electrons. The van der Waals surface area contributed by atoms with Crippen LogP contribution in [0.2, 0.25) is 0 Å². The molecular formula is C13H25N3O. The molecule has 0 saturated carbocycles. The number of nitrogens with one attached hydrogen (secondary N) is 1. The second kappa shape index (κ2) is 5.63. The molecule has 0 spiro atoms. The van der Waals surface area contributed by atoms with Crippen LogP contribution in [0.25, 0.3) is 0 Å². The lowest BCUT2D eigenvalue weighted by molar-refractivity contribution is 0.312. The molecule has 1 heterocycles. The van der Waals surface area contributed by atoms with E-state index in [1.54, 1.807) is 0 Å². The highest BCUT2D eigenvalue weighted by Crippen LogP contribution is 2.25. The molecular weight excluding hydrogens is 214 g/mol. The molecule has 0 aromatic carbocycles. The van der Waals surface area contributed by atoms with Gasteiger partial charge in [-0.25, -0.2) is 0 Å². The Balaban J connectivity index is 2.86. The molecule has 0 aliphatic rings. The quantitative estimate of drug-likeness (QED) is 0.858. The molecule has 1 aromatic rings. The number of rotatable bonds is 5. The van der Waals surface area contributed by atoms with Gasteiger partial charge in [0.25, 0.3) is 0 Å². The van der Waals surface area contributed by atoms with Gasteiger partial charge in [0.15, 0.2) is 5.82 Å². The third kappa shape index (κ3) is 3.53. The molecule has 0 bridgehead atoms. The summed E-state index contributed by atoms with van der Waals surface area (Å²) < 4.78 is 5.41. The predicted octanol–water partition coefficient (Wildman–Crippen LogP) is 2.86. The average molecular weight is 239 g/mol. The van der Waals surface area contributed by atoms with Gasteiger partial charge < -0.3 is 9.84 Å². The molecule has 1 N–H and O–H groups in total. The lowest BCUT2D eigenvalue weighted by Gasteiger charge is -2.19. The lowest BCUT2D eigenvalue weighted by Crippen LogP contribution is -2.32. The Morgan fingerprint density at radius 2 is 1.94 bits per heavy atom. The van der Waals surface area contributed by atoms with E-state index in [0.717, 1.165) is 24.7 Å². The van der Waals surface area contributed by atoms with Crippen LogP contribution >= 0.6 is 0 Å². The lowest BCUT2D eigenvalue weighted by atomic mass is 9.95. The van der Waals surface area contributed by atoms with Gasteiger partial charge in [-0.05, 0) is 19.9 Å². The normalized spacial score (nSPS) is 15.9. The molecule has 0 amide bonds. The first-order valence-electron chi connectivity index (χ1n) is 6.47. The third-order valence-corrected chi connectivity index (χ3v) is 3.00. The summed E-state index contributed by atoms with van der Waals surface area (Å²) in [5.41, 5.74) is -0.0541. The van der Waals surface area contributed by atoms with E-state index in [-0.39, 0.29) is 5.41 Å². The zero-order chi connectivity index (χ0) is 13.1. The van der Waals surface area contributed by atoms with Crippen molar-refractivity contribution < 1.29 is 4.52 Å². The Morgan fingerprint density at radius 3 is 2.35 bits per heavy atom. The minimum atomic E-state index is -0.0541. The maximum atomic E-state index is 5.41. The van der Waals surface area contributed by atoms with Crippen molar-refractivity contribution in [1.29, 1.82) is 0 Å². The summed E-state index contributed by atoms with van der Waals surface area (Å²) in [4.78, 5) is 4.54. The van der Waals surface area contributed by atoms with E-state index in [1.807, 2.05) is 0 Å². The van der Waals surface area contributed by atoms with Gasteiger partial charge in [-0.1, -0.05) is 39.8 Å². The maximum absolute atomic E-state index is 5.41. The highest BCUT2D eigenvalue weighted by molar-refractivity contribution is 5.04. The van der Waals surface area contributed by atoms with Crippen LogP contribution in [0.15, 0.2) is 4.52 Å². The van der Waals surface area contributed by atoms with E-state index in [4.69, 9.17) is 4.52 Å². The summed E-state index contributed by atoms with van der Waals surface area (Å²) >= 11 is 0. The molecule has 4 nitrogen and oxygen atoms in total. The van der Waals surface area contributed by atoms with Crippen LogP contribution in [-0.2, 0) is 5.41 Å². The monoisotopic (exact) mass is 239 g/mol. The van der Waals surface area contributed by atoms with Gasteiger partial charge in [0.2, 0.25) is 5.89 Å². The topological polar surface area (TPSA) is 51.0 Å². The summed E-state index contributed by atoms with van der Waals surface area (Å²) in [7, 11) is 0. The van der Waals surface area contributed by atoms with Crippen molar-refractivity contribution in [2.75, 3.05) is 6.54 Å². The fourth-order valence-corrected chi connectivity index (χ4v) is 1.90. The average Bonchev–Trinajstić information content (AvgIpc) is 2.68. The molecule has 2 atom stereocenters. The fraction of sp³-hybridized carbons (Fsp3) is 0.846. The zero-order valence-corrected chi connectivity index (χ0v) is 11.9. The van der Waals surface area contributed by atoms with Gasteiger partial charge in [0.1, 0.15) is 0 Å². The van der Waals surface area contributed by atoms with Crippen molar-refractivity contribution in [3.63, 3.8) is 0 Å². The minimum absolute atomic E-state index is 0.0541. The molecule has 0 aliphatic carbocycles.